The number of nitrogens with zero attached hydrogens (tertiary/aromatic N) is 1. The second kappa shape index (κ2) is 8.53. The number of carbonyl (C=O) groups excluding carboxylic acids is 2. The minimum absolute atomic E-state index is 0.0431. The van der Waals surface area contributed by atoms with Gasteiger partial charge in [0.2, 0.25) is 11.8 Å². The first-order valence-corrected chi connectivity index (χ1v) is 8.34. The SMILES string of the molecule is Cc1cccc(NCC(=O)N(C)CC(=O)Nc2ccccc2Cl)c1C. The normalized spacial score (nSPS) is 10.2. The van der Waals surface area contributed by atoms with Crippen LogP contribution >= 0.6 is 11.6 Å². The largest absolute Gasteiger partial charge is 0.376 e. The van der Waals surface area contributed by atoms with Gasteiger partial charge in [-0.1, -0.05) is 35.9 Å². The van der Waals surface area contributed by atoms with Crippen molar-refractivity contribution in [1.82, 2.24) is 4.90 Å². The highest BCUT2D eigenvalue weighted by Gasteiger charge is 2.14. The molecule has 2 aromatic rings. The molecular weight excluding hydrogens is 338 g/mol. The molecule has 0 spiro atoms. The molecule has 2 rings (SSSR count). The maximum Gasteiger partial charge on any atom is 0.244 e. The Morgan fingerprint density at radius 1 is 1.04 bits per heavy atom. The van der Waals surface area contributed by atoms with E-state index < -0.39 is 0 Å². The molecule has 0 saturated carbocycles. The fraction of sp³-hybridized carbons (Fsp3) is 0.263. The van der Waals surface area contributed by atoms with E-state index in [2.05, 4.69) is 10.6 Å². The Morgan fingerprint density at radius 3 is 2.44 bits per heavy atom. The molecule has 0 radical (unpaired) electrons. The predicted octanol–water partition coefficient (Wildman–Crippen LogP) is 3.47. The van der Waals surface area contributed by atoms with Crippen LogP contribution < -0.4 is 10.6 Å². The second-order valence-corrected chi connectivity index (χ2v) is 6.29. The lowest BCUT2D eigenvalue weighted by atomic mass is 10.1. The first-order valence-electron chi connectivity index (χ1n) is 7.97. The monoisotopic (exact) mass is 359 g/mol. The molecule has 0 bridgehead atoms. The van der Waals surface area contributed by atoms with E-state index in [0.29, 0.717) is 10.7 Å². The van der Waals surface area contributed by atoms with Crippen molar-refractivity contribution in [3.05, 3.63) is 58.6 Å². The zero-order valence-electron chi connectivity index (χ0n) is 14.6. The summed E-state index contributed by atoms with van der Waals surface area (Å²) >= 11 is 6.01. The number of carbonyl (C=O) groups is 2. The molecule has 0 aliphatic carbocycles. The first-order chi connectivity index (χ1) is 11.9. The standard InChI is InChI=1S/C19H22ClN3O2/c1-13-7-6-10-16(14(13)2)21-11-19(25)23(3)12-18(24)22-17-9-5-4-8-15(17)20/h4-10,21H,11-12H2,1-3H3,(H,22,24). The maximum absolute atomic E-state index is 12.2. The third-order valence-electron chi connectivity index (χ3n) is 3.99. The Hall–Kier alpha value is -2.53. The Bertz CT molecular complexity index is 777. The molecule has 0 aromatic heterocycles. The lowest BCUT2D eigenvalue weighted by Crippen LogP contribution is -2.38. The summed E-state index contributed by atoms with van der Waals surface area (Å²) in [5.74, 6) is -0.467. The van der Waals surface area contributed by atoms with Crippen LogP contribution in [0.1, 0.15) is 11.1 Å². The highest BCUT2D eigenvalue weighted by Crippen LogP contribution is 2.20. The van der Waals surface area contributed by atoms with Gasteiger partial charge < -0.3 is 15.5 Å². The van der Waals surface area contributed by atoms with Crippen LogP contribution in [0.15, 0.2) is 42.5 Å². The van der Waals surface area contributed by atoms with Crippen molar-refractivity contribution in [1.29, 1.82) is 0 Å². The second-order valence-electron chi connectivity index (χ2n) is 5.88. The van der Waals surface area contributed by atoms with E-state index in [1.165, 1.54) is 4.90 Å². The molecule has 2 amide bonds. The third-order valence-corrected chi connectivity index (χ3v) is 4.32. The molecular formula is C19H22ClN3O2. The van der Waals surface area contributed by atoms with Crippen LogP contribution in [0.5, 0.6) is 0 Å². The third kappa shape index (κ3) is 5.22. The van der Waals surface area contributed by atoms with Gasteiger partial charge in [0.15, 0.2) is 0 Å². The topological polar surface area (TPSA) is 61.4 Å². The van der Waals surface area contributed by atoms with Crippen molar-refractivity contribution < 1.29 is 9.59 Å². The van der Waals surface area contributed by atoms with Crippen LogP contribution in [0.25, 0.3) is 0 Å². The number of likely N-dealkylation sites (N-methyl/N-ethyl adjacent to an activating group) is 1. The summed E-state index contributed by atoms with van der Waals surface area (Å²) in [5, 5.41) is 6.28. The van der Waals surface area contributed by atoms with Crippen LogP contribution in [0, 0.1) is 13.8 Å². The molecule has 25 heavy (non-hydrogen) atoms. The molecule has 0 aliphatic rings. The van der Waals surface area contributed by atoms with Crippen molar-refractivity contribution in [2.75, 3.05) is 30.8 Å². The molecule has 2 aromatic carbocycles. The first kappa shape index (κ1) is 18.8. The van der Waals surface area contributed by atoms with E-state index in [1.54, 1.807) is 31.3 Å². The number of nitrogens with one attached hydrogen (secondary N) is 2. The van der Waals surface area contributed by atoms with Gasteiger partial charge in [-0.15, -0.1) is 0 Å². The van der Waals surface area contributed by atoms with Crippen LogP contribution in [-0.2, 0) is 9.59 Å². The highest BCUT2D eigenvalue weighted by atomic mass is 35.5. The van der Waals surface area contributed by atoms with Gasteiger partial charge in [-0.2, -0.15) is 0 Å². The summed E-state index contributed by atoms with van der Waals surface area (Å²) in [6, 6.07) is 12.9. The minimum Gasteiger partial charge on any atom is -0.376 e. The fourth-order valence-corrected chi connectivity index (χ4v) is 2.49. The van der Waals surface area contributed by atoms with Gasteiger partial charge in [0, 0.05) is 12.7 Å². The molecule has 132 valence electrons. The molecule has 0 unspecified atom stereocenters. The van der Waals surface area contributed by atoms with E-state index >= 15 is 0 Å². The van der Waals surface area contributed by atoms with Crippen molar-refractivity contribution in [3.8, 4) is 0 Å². The number of benzene rings is 2. The number of rotatable bonds is 6. The van der Waals surface area contributed by atoms with Gasteiger partial charge in [-0.05, 0) is 43.2 Å². The van der Waals surface area contributed by atoms with Gasteiger partial charge in [-0.25, -0.2) is 0 Å². The summed E-state index contributed by atoms with van der Waals surface area (Å²) in [5.41, 5.74) is 3.71. The molecule has 0 saturated heterocycles. The number of amides is 2. The summed E-state index contributed by atoms with van der Waals surface area (Å²) in [6.07, 6.45) is 0. The number of aryl methyl sites for hydroxylation is 1. The van der Waals surface area contributed by atoms with Crippen LogP contribution in [0.3, 0.4) is 0 Å². The van der Waals surface area contributed by atoms with Crippen molar-refractivity contribution >= 4 is 34.8 Å². The van der Waals surface area contributed by atoms with E-state index in [4.69, 9.17) is 11.6 Å². The number of anilines is 2. The summed E-state index contributed by atoms with van der Waals surface area (Å²) in [4.78, 5) is 25.7. The lowest BCUT2D eigenvalue weighted by molar-refractivity contribution is -0.131. The van der Waals surface area contributed by atoms with E-state index in [-0.39, 0.29) is 24.9 Å². The Morgan fingerprint density at radius 2 is 1.72 bits per heavy atom. The molecule has 5 nitrogen and oxygen atoms in total. The Balaban J connectivity index is 1.86. The number of halogens is 1. The Kier molecular flexibility index (Phi) is 6.42. The average Bonchev–Trinajstić information content (AvgIpc) is 2.58. The summed E-state index contributed by atoms with van der Waals surface area (Å²) in [6.45, 7) is 4.11. The average molecular weight is 360 g/mol. The fourth-order valence-electron chi connectivity index (χ4n) is 2.30. The van der Waals surface area contributed by atoms with Crippen LogP contribution in [-0.4, -0.2) is 36.9 Å². The Labute approximate surface area is 153 Å². The molecule has 6 heteroatoms. The highest BCUT2D eigenvalue weighted by molar-refractivity contribution is 6.33. The van der Waals surface area contributed by atoms with Gasteiger partial charge in [0.05, 0.1) is 23.8 Å². The zero-order valence-corrected chi connectivity index (χ0v) is 15.4. The maximum atomic E-state index is 12.2. The van der Waals surface area contributed by atoms with Gasteiger partial charge in [0.1, 0.15) is 0 Å². The minimum atomic E-state index is -0.296. The van der Waals surface area contributed by atoms with Gasteiger partial charge in [0.25, 0.3) is 0 Å². The molecule has 0 aliphatic heterocycles. The smallest absolute Gasteiger partial charge is 0.244 e. The lowest BCUT2D eigenvalue weighted by Gasteiger charge is -2.18. The van der Waals surface area contributed by atoms with E-state index in [1.807, 2.05) is 32.0 Å². The van der Waals surface area contributed by atoms with Crippen molar-refractivity contribution in [3.63, 3.8) is 0 Å². The molecule has 2 N–H and O–H groups in total. The van der Waals surface area contributed by atoms with Crippen LogP contribution in [0.4, 0.5) is 11.4 Å². The predicted molar refractivity (Wildman–Crippen MR) is 102 cm³/mol. The van der Waals surface area contributed by atoms with Crippen molar-refractivity contribution in [2.24, 2.45) is 0 Å². The summed E-state index contributed by atoms with van der Waals surface area (Å²) < 4.78 is 0. The molecule has 0 atom stereocenters. The number of hydrogen-bond donors (Lipinski definition) is 2. The van der Waals surface area contributed by atoms with Crippen LogP contribution in [0.2, 0.25) is 5.02 Å². The van der Waals surface area contributed by atoms with Crippen molar-refractivity contribution in [2.45, 2.75) is 13.8 Å². The zero-order chi connectivity index (χ0) is 18.4. The van der Waals surface area contributed by atoms with E-state index in [9.17, 15) is 9.59 Å². The number of hydrogen-bond acceptors (Lipinski definition) is 3. The number of para-hydroxylation sites is 1. The van der Waals surface area contributed by atoms with Gasteiger partial charge >= 0.3 is 0 Å². The molecule has 0 heterocycles. The van der Waals surface area contributed by atoms with E-state index in [0.717, 1.165) is 16.8 Å². The molecule has 0 fully saturated rings. The summed E-state index contributed by atoms with van der Waals surface area (Å²) in [7, 11) is 1.60. The van der Waals surface area contributed by atoms with Gasteiger partial charge in [-0.3, -0.25) is 9.59 Å². The quantitative estimate of drug-likeness (QED) is 0.830.